The monoisotopic (exact) mass is 185 g/mol. The summed E-state index contributed by atoms with van der Waals surface area (Å²) in [5.41, 5.74) is 0. The number of aliphatic hydroxyl groups is 1. The predicted octanol–water partition coefficient (Wildman–Crippen LogP) is 1.06. The third-order valence-electron chi connectivity index (χ3n) is 2.85. The molecule has 0 aliphatic carbocycles. The normalized spacial score (nSPS) is 33.5. The number of unbranched alkanes of at least 4 members (excludes halogenated alkanes) is 2. The molecule has 1 unspecified atom stereocenters. The highest BCUT2D eigenvalue weighted by Gasteiger charge is 2.37. The number of amides is 1. The fourth-order valence-corrected chi connectivity index (χ4v) is 1.81. The van der Waals surface area contributed by atoms with E-state index in [0.29, 0.717) is 0 Å². The molecule has 2 N–H and O–H groups in total. The second-order valence-corrected chi connectivity index (χ2v) is 3.91. The molecule has 1 amide bonds. The average molecular weight is 185 g/mol. The fraction of sp³-hybridized carbons (Fsp3) is 0.900. The molecule has 0 spiro atoms. The van der Waals surface area contributed by atoms with Crippen LogP contribution in [0.15, 0.2) is 0 Å². The fourth-order valence-electron chi connectivity index (χ4n) is 1.81. The van der Waals surface area contributed by atoms with Gasteiger partial charge in [-0.3, -0.25) is 4.79 Å². The van der Waals surface area contributed by atoms with Gasteiger partial charge in [-0.1, -0.05) is 33.1 Å². The molecule has 3 atom stereocenters. The van der Waals surface area contributed by atoms with E-state index in [1.54, 1.807) is 0 Å². The molecule has 0 aromatic rings. The summed E-state index contributed by atoms with van der Waals surface area (Å²) in [6.45, 7) is 4.09. The van der Waals surface area contributed by atoms with Gasteiger partial charge in [0.25, 0.3) is 0 Å². The summed E-state index contributed by atoms with van der Waals surface area (Å²) in [5, 5.41) is 12.2. The first-order valence-corrected chi connectivity index (χ1v) is 5.15. The van der Waals surface area contributed by atoms with Crippen LogP contribution in [0.25, 0.3) is 0 Å². The molecule has 1 fully saturated rings. The lowest BCUT2D eigenvalue weighted by atomic mass is 9.96. The van der Waals surface area contributed by atoms with Gasteiger partial charge in [0.05, 0.1) is 0 Å². The highest BCUT2D eigenvalue weighted by molar-refractivity contribution is 5.83. The smallest absolute Gasteiger partial charge is 0.249 e. The molecule has 1 aliphatic heterocycles. The van der Waals surface area contributed by atoms with E-state index < -0.39 is 6.10 Å². The van der Waals surface area contributed by atoms with E-state index in [0.717, 1.165) is 12.8 Å². The van der Waals surface area contributed by atoms with Crippen LogP contribution in [-0.4, -0.2) is 23.2 Å². The van der Waals surface area contributed by atoms with Crippen LogP contribution in [0, 0.1) is 5.92 Å². The number of rotatable bonds is 4. The summed E-state index contributed by atoms with van der Waals surface area (Å²) in [7, 11) is 0. The van der Waals surface area contributed by atoms with Crippen molar-refractivity contribution in [3.8, 4) is 0 Å². The van der Waals surface area contributed by atoms with Crippen LogP contribution in [0.4, 0.5) is 0 Å². The standard InChI is InChI=1S/C10H19NO2/c1-3-4-5-6-8-7(2)9(12)10(13)11-8/h7-9,12H,3-6H2,1-2H3,(H,11,13)/t7-,8+,9?/m0/s1. The molecular formula is C10H19NO2. The van der Waals surface area contributed by atoms with Crippen LogP contribution < -0.4 is 5.32 Å². The zero-order chi connectivity index (χ0) is 9.84. The van der Waals surface area contributed by atoms with Crippen molar-refractivity contribution >= 4 is 5.91 Å². The molecule has 0 aromatic heterocycles. The summed E-state index contributed by atoms with van der Waals surface area (Å²) in [6, 6.07) is 0.189. The molecule has 0 aromatic carbocycles. The van der Waals surface area contributed by atoms with Crippen molar-refractivity contribution in [2.75, 3.05) is 0 Å². The minimum absolute atomic E-state index is 0.0735. The maximum absolute atomic E-state index is 11.1. The van der Waals surface area contributed by atoms with E-state index in [4.69, 9.17) is 0 Å². The maximum atomic E-state index is 11.1. The third kappa shape index (κ3) is 2.44. The minimum atomic E-state index is -0.786. The van der Waals surface area contributed by atoms with Crippen LogP contribution in [0.3, 0.4) is 0 Å². The molecule has 0 radical (unpaired) electrons. The van der Waals surface area contributed by atoms with Crippen molar-refractivity contribution in [2.24, 2.45) is 5.92 Å². The summed E-state index contributed by atoms with van der Waals surface area (Å²) in [6.07, 6.45) is 3.75. The van der Waals surface area contributed by atoms with E-state index in [1.165, 1.54) is 12.8 Å². The van der Waals surface area contributed by atoms with Crippen LogP contribution >= 0.6 is 0 Å². The van der Waals surface area contributed by atoms with Crippen LogP contribution in [0.2, 0.25) is 0 Å². The number of hydrogen-bond acceptors (Lipinski definition) is 2. The van der Waals surface area contributed by atoms with E-state index in [2.05, 4.69) is 12.2 Å². The van der Waals surface area contributed by atoms with Gasteiger partial charge >= 0.3 is 0 Å². The third-order valence-corrected chi connectivity index (χ3v) is 2.85. The molecular weight excluding hydrogens is 166 g/mol. The summed E-state index contributed by atoms with van der Waals surface area (Å²) < 4.78 is 0. The van der Waals surface area contributed by atoms with Crippen molar-refractivity contribution in [3.63, 3.8) is 0 Å². The molecule has 1 rings (SSSR count). The number of carbonyl (C=O) groups excluding carboxylic acids is 1. The van der Waals surface area contributed by atoms with Gasteiger partial charge in [-0.15, -0.1) is 0 Å². The molecule has 1 heterocycles. The summed E-state index contributed by atoms with van der Waals surface area (Å²) in [4.78, 5) is 11.1. The Morgan fingerprint density at radius 1 is 1.46 bits per heavy atom. The minimum Gasteiger partial charge on any atom is -0.383 e. The molecule has 13 heavy (non-hydrogen) atoms. The zero-order valence-electron chi connectivity index (χ0n) is 8.42. The lowest BCUT2D eigenvalue weighted by Crippen LogP contribution is -2.28. The number of nitrogens with one attached hydrogen (secondary N) is 1. The summed E-state index contributed by atoms with van der Waals surface area (Å²) in [5.74, 6) is -0.127. The van der Waals surface area contributed by atoms with Gasteiger partial charge in [-0.2, -0.15) is 0 Å². The second kappa shape index (κ2) is 4.61. The van der Waals surface area contributed by atoms with Gasteiger partial charge in [0.1, 0.15) is 6.10 Å². The Labute approximate surface area is 79.5 Å². The second-order valence-electron chi connectivity index (χ2n) is 3.91. The van der Waals surface area contributed by atoms with Crippen LogP contribution in [-0.2, 0) is 4.79 Å². The Hall–Kier alpha value is -0.570. The highest BCUT2D eigenvalue weighted by atomic mass is 16.3. The topological polar surface area (TPSA) is 49.3 Å². The maximum Gasteiger partial charge on any atom is 0.249 e. The van der Waals surface area contributed by atoms with Crippen molar-refractivity contribution < 1.29 is 9.90 Å². The Balaban J connectivity index is 2.31. The van der Waals surface area contributed by atoms with Crippen LogP contribution in [0.1, 0.15) is 39.5 Å². The predicted molar refractivity (Wildman–Crippen MR) is 51.2 cm³/mol. The number of carbonyl (C=O) groups is 1. The van der Waals surface area contributed by atoms with Gasteiger partial charge in [0.15, 0.2) is 0 Å². The zero-order valence-corrected chi connectivity index (χ0v) is 8.42. The van der Waals surface area contributed by atoms with Crippen molar-refractivity contribution in [1.29, 1.82) is 0 Å². The van der Waals surface area contributed by atoms with E-state index in [-0.39, 0.29) is 17.9 Å². The molecule has 0 bridgehead atoms. The Bertz CT molecular complexity index is 182. The average Bonchev–Trinajstić information content (AvgIpc) is 2.34. The first-order chi connectivity index (χ1) is 6.16. The van der Waals surface area contributed by atoms with Gasteiger partial charge in [0, 0.05) is 12.0 Å². The Kier molecular flexibility index (Phi) is 3.72. The van der Waals surface area contributed by atoms with E-state index >= 15 is 0 Å². The largest absolute Gasteiger partial charge is 0.383 e. The SMILES string of the molecule is CCCCC[C@H]1NC(=O)C(O)[C@H]1C. The van der Waals surface area contributed by atoms with Crippen molar-refractivity contribution in [1.82, 2.24) is 5.32 Å². The van der Waals surface area contributed by atoms with Crippen molar-refractivity contribution in [2.45, 2.75) is 51.7 Å². The molecule has 3 heteroatoms. The van der Waals surface area contributed by atoms with Gasteiger partial charge in [0.2, 0.25) is 5.91 Å². The molecule has 3 nitrogen and oxygen atoms in total. The van der Waals surface area contributed by atoms with Gasteiger partial charge in [-0.25, -0.2) is 0 Å². The number of hydrogen-bond donors (Lipinski definition) is 2. The summed E-state index contributed by atoms with van der Waals surface area (Å²) >= 11 is 0. The van der Waals surface area contributed by atoms with E-state index in [1.807, 2.05) is 6.92 Å². The number of aliphatic hydroxyl groups excluding tert-OH is 1. The first-order valence-electron chi connectivity index (χ1n) is 5.15. The van der Waals surface area contributed by atoms with E-state index in [9.17, 15) is 9.90 Å². The first kappa shape index (κ1) is 10.5. The lowest BCUT2D eigenvalue weighted by Gasteiger charge is -2.15. The van der Waals surface area contributed by atoms with Crippen molar-refractivity contribution in [3.05, 3.63) is 0 Å². The van der Waals surface area contributed by atoms with Gasteiger partial charge in [-0.05, 0) is 6.42 Å². The molecule has 0 saturated carbocycles. The highest BCUT2D eigenvalue weighted by Crippen LogP contribution is 2.20. The van der Waals surface area contributed by atoms with Gasteiger partial charge < -0.3 is 10.4 Å². The Morgan fingerprint density at radius 2 is 2.15 bits per heavy atom. The molecule has 76 valence electrons. The Morgan fingerprint density at radius 3 is 2.62 bits per heavy atom. The molecule has 1 aliphatic rings. The lowest BCUT2D eigenvalue weighted by molar-refractivity contribution is -0.126. The molecule has 1 saturated heterocycles. The van der Waals surface area contributed by atoms with Crippen LogP contribution in [0.5, 0.6) is 0 Å². The quantitative estimate of drug-likeness (QED) is 0.643.